The zero-order valence-corrected chi connectivity index (χ0v) is 32.6. The van der Waals surface area contributed by atoms with Gasteiger partial charge in [0, 0.05) is 54.0 Å². The highest BCUT2D eigenvalue weighted by molar-refractivity contribution is 7.99. The first kappa shape index (κ1) is 33.6. The third-order valence-electron chi connectivity index (χ3n) is 11.5. The molecule has 1 aliphatic rings. The first-order valence-corrected chi connectivity index (χ1v) is 20.7. The monoisotopic (exact) mass is 770 g/mol. The Morgan fingerprint density at radius 3 is 2.02 bits per heavy atom. The maximum atomic E-state index is 5.25. The van der Waals surface area contributed by atoms with E-state index in [1.165, 1.54) is 59.4 Å². The van der Waals surface area contributed by atoms with Crippen LogP contribution in [-0.2, 0) is 0 Å². The molecule has 4 nitrogen and oxygen atoms in total. The number of benzene rings is 9. The second-order valence-corrected chi connectivity index (χ2v) is 16.1. The van der Waals surface area contributed by atoms with Gasteiger partial charge in [0.1, 0.15) is 0 Å². The van der Waals surface area contributed by atoms with Crippen LogP contribution in [0.4, 0.5) is 17.1 Å². The van der Waals surface area contributed by atoms with E-state index < -0.39 is 0 Å². The molecule has 9 aromatic carbocycles. The van der Waals surface area contributed by atoms with Crippen LogP contribution in [0.25, 0.3) is 82.9 Å². The largest absolute Gasteiger partial charge is 0.309 e. The lowest BCUT2D eigenvalue weighted by Crippen LogP contribution is -2.14. The molecule has 3 heterocycles. The molecule has 0 spiro atoms. The predicted octanol–water partition coefficient (Wildman–Crippen LogP) is 14.8. The summed E-state index contributed by atoms with van der Waals surface area (Å²) in [5.41, 5.74) is 13.1. The fraction of sp³-hybridized carbons (Fsp3) is 0. The van der Waals surface area contributed by atoms with Gasteiger partial charge in [-0.1, -0.05) is 157 Å². The molecule has 0 radical (unpaired) electrons. The summed E-state index contributed by atoms with van der Waals surface area (Å²) in [5, 5.41) is 5.96. The number of hydrogen-bond donors (Lipinski definition) is 0. The Balaban J connectivity index is 1.08. The van der Waals surface area contributed by atoms with Crippen molar-refractivity contribution in [3.8, 4) is 39.5 Å². The summed E-state index contributed by atoms with van der Waals surface area (Å²) in [6.07, 6.45) is 0. The Labute approximate surface area is 345 Å². The van der Waals surface area contributed by atoms with Crippen molar-refractivity contribution >= 4 is 72.3 Å². The topological polar surface area (TPSA) is 34.0 Å². The van der Waals surface area contributed by atoms with E-state index in [0.29, 0.717) is 5.82 Å². The van der Waals surface area contributed by atoms with Crippen molar-refractivity contribution in [1.82, 2.24) is 14.5 Å². The lowest BCUT2D eigenvalue weighted by atomic mass is 9.99. The molecule has 0 amide bonds. The van der Waals surface area contributed by atoms with Gasteiger partial charge in [0.25, 0.3) is 0 Å². The van der Waals surface area contributed by atoms with Crippen LogP contribution in [0.3, 0.4) is 0 Å². The van der Waals surface area contributed by atoms with Crippen LogP contribution < -0.4 is 4.90 Å². The number of para-hydroxylation sites is 4. The van der Waals surface area contributed by atoms with Gasteiger partial charge in [0.2, 0.25) is 0 Å². The first-order chi connectivity index (χ1) is 29.3. The molecule has 11 aromatic rings. The minimum atomic E-state index is 0.700. The molecule has 0 saturated heterocycles. The molecule has 0 fully saturated rings. The standard InChI is InChI=1S/C54H34N4S/c1-3-16-36(17-4-1)52-43-23-9-10-26-45(43)55-54(56-52)38-18-13-21-40(33-38)58-48-32-29-35-15-7-8-22-41(35)51(48)44-25-14-24-42(53(44)58)37-30-31-47-50(34-37)59-49-28-12-11-27-46(49)57(47)39-19-5-2-6-20-39/h1-34H. The van der Waals surface area contributed by atoms with Gasteiger partial charge in [-0.2, -0.15) is 0 Å². The number of anilines is 3. The SMILES string of the molecule is c1ccc(-c2nc(-c3cccc(-n4c5ccc6ccccc6c5c5cccc(-c6ccc7c(c6)Sc6ccccc6N7c6ccccc6)c54)c3)nc3ccccc23)cc1. The normalized spacial score (nSPS) is 12.3. The molecule has 1 aliphatic heterocycles. The Morgan fingerprint density at radius 2 is 1.12 bits per heavy atom. The molecule has 12 rings (SSSR count). The van der Waals surface area contributed by atoms with E-state index in [4.69, 9.17) is 9.97 Å². The molecule has 2 aromatic heterocycles. The van der Waals surface area contributed by atoms with Crippen LogP contribution in [0, 0.1) is 0 Å². The maximum absolute atomic E-state index is 5.25. The van der Waals surface area contributed by atoms with Crippen molar-refractivity contribution in [2.75, 3.05) is 4.90 Å². The maximum Gasteiger partial charge on any atom is 0.160 e. The van der Waals surface area contributed by atoms with E-state index in [1.54, 1.807) is 0 Å². The van der Waals surface area contributed by atoms with E-state index >= 15 is 0 Å². The summed E-state index contributed by atoms with van der Waals surface area (Å²) >= 11 is 1.84. The lowest BCUT2D eigenvalue weighted by molar-refractivity contribution is 1.16. The van der Waals surface area contributed by atoms with Crippen LogP contribution in [-0.4, -0.2) is 14.5 Å². The predicted molar refractivity (Wildman–Crippen MR) is 246 cm³/mol. The molecule has 0 unspecified atom stereocenters. The van der Waals surface area contributed by atoms with Crippen LogP contribution in [0.2, 0.25) is 0 Å². The zero-order chi connectivity index (χ0) is 38.9. The summed E-state index contributed by atoms with van der Waals surface area (Å²) in [5.74, 6) is 0.700. The molecule has 0 saturated carbocycles. The van der Waals surface area contributed by atoms with Gasteiger partial charge in [0.15, 0.2) is 5.82 Å². The average Bonchev–Trinajstić information content (AvgIpc) is 3.66. The van der Waals surface area contributed by atoms with Crippen molar-refractivity contribution in [2.45, 2.75) is 9.79 Å². The van der Waals surface area contributed by atoms with Crippen molar-refractivity contribution < 1.29 is 0 Å². The van der Waals surface area contributed by atoms with Crippen molar-refractivity contribution in [2.24, 2.45) is 0 Å². The second kappa shape index (κ2) is 13.6. The first-order valence-electron chi connectivity index (χ1n) is 19.9. The summed E-state index contributed by atoms with van der Waals surface area (Å²) in [4.78, 5) is 15.2. The summed E-state index contributed by atoms with van der Waals surface area (Å²) < 4.78 is 2.45. The summed E-state index contributed by atoms with van der Waals surface area (Å²) in [7, 11) is 0. The lowest BCUT2D eigenvalue weighted by Gasteiger charge is -2.33. The van der Waals surface area contributed by atoms with Crippen molar-refractivity contribution in [3.05, 3.63) is 206 Å². The summed E-state index contributed by atoms with van der Waals surface area (Å²) in [6.45, 7) is 0. The Morgan fingerprint density at radius 1 is 0.424 bits per heavy atom. The van der Waals surface area contributed by atoms with Gasteiger partial charge < -0.3 is 9.47 Å². The van der Waals surface area contributed by atoms with Crippen molar-refractivity contribution in [3.63, 3.8) is 0 Å². The van der Waals surface area contributed by atoms with E-state index in [9.17, 15) is 0 Å². The number of fused-ring (bicyclic) bond motifs is 8. The van der Waals surface area contributed by atoms with Gasteiger partial charge >= 0.3 is 0 Å². The summed E-state index contributed by atoms with van der Waals surface area (Å²) in [6, 6.07) is 73.8. The second-order valence-electron chi connectivity index (χ2n) is 15.0. The van der Waals surface area contributed by atoms with E-state index in [2.05, 4.69) is 204 Å². The van der Waals surface area contributed by atoms with Crippen LogP contribution in [0.5, 0.6) is 0 Å². The fourth-order valence-electron chi connectivity index (χ4n) is 8.92. The minimum Gasteiger partial charge on any atom is -0.309 e. The molecular weight excluding hydrogens is 737 g/mol. The molecule has 0 aliphatic carbocycles. The molecule has 0 N–H and O–H groups in total. The quantitative estimate of drug-likeness (QED) is 0.175. The van der Waals surface area contributed by atoms with Gasteiger partial charge in [-0.15, -0.1) is 0 Å². The third-order valence-corrected chi connectivity index (χ3v) is 12.7. The highest BCUT2D eigenvalue weighted by Crippen LogP contribution is 2.53. The molecule has 59 heavy (non-hydrogen) atoms. The minimum absolute atomic E-state index is 0.700. The van der Waals surface area contributed by atoms with Crippen LogP contribution in [0.15, 0.2) is 216 Å². The van der Waals surface area contributed by atoms with Gasteiger partial charge in [-0.25, -0.2) is 9.97 Å². The Hall–Kier alpha value is -7.47. The zero-order valence-electron chi connectivity index (χ0n) is 31.8. The Kier molecular flexibility index (Phi) is 7.75. The van der Waals surface area contributed by atoms with Gasteiger partial charge in [-0.3, -0.25) is 0 Å². The highest BCUT2D eigenvalue weighted by atomic mass is 32.2. The number of hydrogen-bond acceptors (Lipinski definition) is 4. The van der Waals surface area contributed by atoms with Crippen molar-refractivity contribution in [1.29, 1.82) is 0 Å². The molecule has 276 valence electrons. The smallest absolute Gasteiger partial charge is 0.160 e. The van der Waals surface area contributed by atoms with Gasteiger partial charge in [0.05, 0.1) is 33.6 Å². The fourth-order valence-corrected chi connectivity index (χ4v) is 10.0. The Bertz CT molecular complexity index is 3430. The molecule has 0 atom stereocenters. The average molecular weight is 771 g/mol. The molecular formula is C54H34N4S. The van der Waals surface area contributed by atoms with Gasteiger partial charge in [-0.05, 0) is 77.0 Å². The number of nitrogens with zero attached hydrogens (tertiary/aromatic N) is 4. The van der Waals surface area contributed by atoms with E-state index in [-0.39, 0.29) is 0 Å². The highest BCUT2D eigenvalue weighted by Gasteiger charge is 2.26. The number of aromatic nitrogens is 3. The molecule has 0 bridgehead atoms. The van der Waals surface area contributed by atoms with E-state index in [1.807, 2.05) is 23.9 Å². The van der Waals surface area contributed by atoms with Crippen LogP contribution >= 0.6 is 11.8 Å². The third kappa shape index (κ3) is 5.47. The van der Waals surface area contributed by atoms with E-state index in [0.717, 1.165) is 44.6 Å². The van der Waals surface area contributed by atoms with Crippen LogP contribution in [0.1, 0.15) is 0 Å². The molecule has 5 heteroatoms. The number of rotatable bonds is 5.